The first-order chi connectivity index (χ1) is 11.5. The highest BCUT2D eigenvalue weighted by molar-refractivity contribution is 14.1. The molecule has 3 rings (SSSR count). The molecule has 0 aliphatic heterocycles. The molecule has 0 amide bonds. The second-order valence-electron chi connectivity index (χ2n) is 6.01. The van der Waals surface area contributed by atoms with Gasteiger partial charge in [0, 0.05) is 28.5 Å². The van der Waals surface area contributed by atoms with Gasteiger partial charge in [0.05, 0.1) is 5.69 Å². The van der Waals surface area contributed by atoms with Crippen molar-refractivity contribution >= 4 is 39.8 Å². The molecule has 5 nitrogen and oxygen atoms in total. The summed E-state index contributed by atoms with van der Waals surface area (Å²) in [6.07, 6.45) is 3.15. The van der Waals surface area contributed by atoms with Gasteiger partial charge in [-0.25, -0.2) is 0 Å². The van der Waals surface area contributed by atoms with Gasteiger partial charge in [-0.1, -0.05) is 12.1 Å². The van der Waals surface area contributed by atoms with Gasteiger partial charge in [0.15, 0.2) is 11.6 Å². The number of rotatable bonds is 3. The topological polar surface area (TPSA) is 83.6 Å². The monoisotopic (exact) mass is 438 g/mol. The summed E-state index contributed by atoms with van der Waals surface area (Å²) in [6, 6.07) is 7.48. The van der Waals surface area contributed by atoms with Gasteiger partial charge in [-0.2, -0.15) is 0 Å². The van der Waals surface area contributed by atoms with Crippen LogP contribution in [0.5, 0.6) is 0 Å². The van der Waals surface area contributed by atoms with E-state index in [-0.39, 0.29) is 23.0 Å². The van der Waals surface area contributed by atoms with E-state index in [1.54, 1.807) is 4.90 Å². The largest absolute Gasteiger partial charge is 0.510 e. The number of ketones is 2. The molecule has 3 N–H and O–H groups in total. The highest BCUT2D eigenvalue weighted by Crippen LogP contribution is 2.36. The second kappa shape index (κ2) is 6.96. The molecule has 0 aromatic heterocycles. The molecule has 6 heteroatoms. The highest BCUT2D eigenvalue weighted by Gasteiger charge is 2.34. The predicted octanol–water partition coefficient (Wildman–Crippen LogP) is 3.54. The average Bonchev–Trinajstić information content (AvgIpc) is 2.53. The van der Waals surface area contributed by atoms with Gasteiger partial charge >= 0.3 is 0 Å². The van der Waals surface area contributed by atoms with Crippen molar-refractivity contribution in [1.82, 2.24) is 0 Å². The Morgan fingerprint density at radius 1 is 0.958 bits per heavy atom. The Balaban J connectivity index is 2.25. The van der Waals surface area contributed by atoms with E-state index in [1.807, 2.05) is 24.3 Å². The first kappa shape index (κ1) is 17.0. The predicted molar refractivity (Wildman–Crippen MR) is 100 cm³/mol. The number of nitrogens with two attached hydrogens (primary N) is 1. The van der Waals surface area contributed by atoms with Crippen LogP contribution in [0.4, 0.5) is 5.69 Å². The average molecular weight is 438 g/mol. The van der Waals surface area contributed by atoms with E-state index >= 15 is 0 Å². The fourth-order valence-electron chi connectivity index (χ4n) is 3.18. The first-order valence-corrected chi connectivity index (χ1v) is 9.10. The number of halogens is 1. The van der Waals surface area contributed by atoms with E-state index in [0.29, 0.717) is 55.6 Å². The Kier molecular flexibility index (Phi) is 4.93. The molecule has 0 atom stereocenters. The molecule has 0 unspecified atom stereocenters. The van der Waals surface area contributed by atoms with Crippen molar-refractivity contribution in [2.75, 3.05) is 4.90 Å². The van der Waals surface area contributed by atoms with Crippen LogP contribution in [-0.4, -0.2) is 16.7 Å². The fourth-order valence-corrected chi connectivity index (χ4v) is 3.81. The maximum Gasteiger partial charge on any atom is 0.183 e. The van der Waals surface area contributed by atoms with Crippen LogP contribution >= 0.6 is 22.6 Å². The minimum atomic E-state index is -0.155. The van der Waals surface area contributed by atoms with Gasteiger partial charge < -0.3 is 10.8 Å². The summed E-state index contributed by atoms with van der Waals surface area (Å²) in [5.74, 6) is -0.210. The number of para-hydroxylation sites is 1. The molecular weight excluding hydrogens is 419 g/mol. The zero-order valence-electron chi connectivity index (χ0n) is 13.2. The Morgan fingerprint density at radius 3 is 2.21 bits per heavy atom. The minimum absolute atomic E-state index is 0.0320. The minimum Gasteiger partial charge on any atom is -0.510 e. The van der Waals surface area contributed by atoms with Crippen LogP contribution in [0.2, 0.25) is 0 Å². The van der Waals surface area contributed by atoms with Crippen molar-refractivity contribution in [2.24, 2.45) is 5.73 Å². The number of allylic oxidation sites excluding steroid dienone is 4. The third-order valence-corrected chi connectivity index (χ3v) is 5.23. The standard InChI is InChI=1S/C18H19IN2O3/c19-11-5-1-2-7-13(11)21(17-12(20)6-3-8-14(17)22)18-15(23)9-4-10-16(18)24/h1-2,5,7,23H,3-4,6,8-10,20H2. The molecule has 126 valence electrons. The third-order valence-electron chi connectivity index (χ3n) is 4.31. The van der Waals surface area contributed by atoms with E-state index in [2.05, 4.69) is 22.6 Å². The van der Waals surface area contributed by atoms with Crippen LogP contribution < -0.4 is 10.6 Å². The van der Waals surface area contributed by atoms with Crippen molar-refractivity contribution in [3.8, 4) is 0 Å². The van der Waals surface area contributed by atoms with Crippen LogP contribution in [0, 0.1) is 3.57 Å². The molecule has 0 saturated heterocycles. The van der Waals surface area contributed by atoms with Gasteiger partial charge in [0.2, 0.25) is 0 Å². The molecule has 0 fully saturated rings. The molecule has 0 spiro atoms. The van der Waals surface area contributed by atoms with E-state index in [0.717, 1.165) is 3.57 Å². The number of hydrogen-bond acceptors (Lipinski definition) is 5. The van der Waals surface area contributed by atoms with Crippen molar-refractivity contribution in [2.45, 2.75) is 38.5 Å². The quantitative estimate of drug-likeness (QED) is 0.706. The molecule has 0 bridgehead atoms. The lowest BCUT2D eigenvalue weighted by Gasteiger charge is -2.33. The summed E-state index contributed by atoms with van der Waals surface area (Å²) in [5.41, 5.74) is 7.86. The summed E-state index contributed by atoms with van der Waals surface area (Å²) in [5, 5.41) is 10.4. The van der Waals surface area contributed by atoms with Gasteiger partial charge in [0.25, 0.3) is 0 Å². The number of hydrogen-bond donors (Lipinski definition) is 2. The number of Topliss-reactive ketones (excluding diaryl/α,β-unsaturated/α-hetero) is 2. The lowest BCUT2D eigenvalue weighted by Crippen LogP contribution is -2.37. The normalized spacial score (nSPS) is 19.0. The Morgan fingerprint density at radius 2 is 1.58 bits per heavy atom. The van der Waals surface area contributed by atoms with Crippen molar-refractivity contribution in [3.05, 3.63) is 50.7 Å². The number of aliphatic hydroxyl groups excluding tert-OH is 1. The van der Waals surface area contributed by atoms with Crippen LogP contribution in [-0.2, 0) is 9.59 Å². The summed E-state index contributed by atoms with van der Waals surface area (Å²) in [6.45, 7) is 0. The lowest BCUT2D eigenvalue weighted by molar-refractivity contribution is -0.116. The van der Waals surface area contributed by atoms with Crippen LogP contribution in [0.1, 0.15) is 38.5 Å². The van der Waals surface area contributed by atoms with Gasteiger partial charge in [-0.05, 0) is 54.0 Å². The van der Waals surface area contributed by atoms with Gasteiger partial charge in [-0.15, -0.1) is 0 Å². The molecule has 2 aliphatic rings. The summed E-state index contributed by atoms with van der Waals surface area (Å²) < 4.78 is 0.882. The highest BCUT2D eigenvalue weighted by atomic mass is 127. The van der Waals surface area contributed by atoms with E-state index < -0.39 is 0 Å². The Bertz CT molecular complexity index is 725. The van der Waals surface area contributed by atoms with Gasteiger partial charge in [-0.3, -0.25) is 14.5 Å². The maximum absolute atomic E-state index is 12.6. The summed E-state index contributed by atoms with van der Waals surface area (Å²) in [7, 11) is 0. The fraction of sp³-hybridized carbons (Fsp3) is 0.333. The molecule has 0 radical (unpaired) electrons. The zero-order chi connectivity index (χ0) is 17.3. The van der Waals surface area contributed by atoms with E-state index in [4.69, 9.17) is 5.73 Å². The van der Waals surface area contributed by atoms with Crippen LogP contribution in [0.25, 0.3) is 0 Å². The van der Waals surface area contributed by atoms with Gasteiger partial charge in [0.1, 0.15) is 17.2 Å². The molecule has 1 aromatic carbocycles. The number of aliphatic hydroxyl groups is 1. The van der Waals surface area contributed by atoms with Crippen molar-refractivity contribution in [3.63, 3.8) is 0 Å². The van der Waals surface area contributed by atoms with Crippen LogP contribution in [0.3, 0.4) is 0 Å². The number of carbonyl (C=O) groups is 2. The SMILES string of the molecule is NC1=C(N(C2=C(O)CCCC2=O)c2ccccc2I)C(=O)CCC1. The van der Waals surface area contributed by atoms with Crippen molar-refractivity contribution in [1.29, 1.82) is 0 Å². The summed E-state index contributed by atoms with van der Waals surface area (Å²) >= 11 is 2.16. The van der Waals surface area contributed by atoms with E-state index in [9.17, 15) is 14.7 Å². The molecule has 24 heavy (non-hydrogen) atoms. The lowest BCUT2D eigenvalue weighted by atomic mass is 9.95. The number of benzene rings is 1. The smallest absolute Gasteiger partial charge is 0.183 e. The Labute approximate surface area is 154 Å². The first-order valence-electron chi connectivity index (χ1n) is 8.02. The second-order valence-corrected chi connectivity index (χ2v) is 7.17. The maximum atomic E-state index is 12.6. The third kappa shape index (κ3) is 3.07. The summed E-state index contributed by atoms with van der Waals surface area (Å²) in [4.78, 5) is 26.7. The molecule has 0 saturated carbocycles. The van der Waals surface area contributed by atoms with E-state index in [1.165, 1.54) is 0 Å². The number of nitrogens with zero attached hydrogens (tertiary/aromatic N) is 1. The molecule has 0 heterocycles. The Hall–Kier alpha value is -1.83. The zero-order valence-corrected chi connectivity index (χ0v) is 15.4. The molecule has 1 aromatic rings. The van der Waals surface area contributed by atoms with Crippen molar-refractivity contribution < 1.29 is 14.7 Å². The number of anilines is 1. The molecule has 2 aliphatic carbocycles. The number of carbonyl (C=O) groups excluding carboxylic acids is 2. The molecular formula is C18H19IN2O3. The van der Waals surface area contributed by atoms with Crippen LogP contribution in [0.15, 0.2) is 47.1 Å².